The summed E-state index contributed by atoms with van der Waals surface area (Å²) in [4.78, 5) is 30.5. The average molecular weight is 344 g/mol. The molecule has 0 aliphatic heterocycles. The van der Waals surface area contributed by atoms with Gasteiger partial charge in [0, 0.05) is 18.8 Å². The SMILES string of the molecule is CC(C)CNC(=O)NCC#Cc1cn(C(C)C)c2nc(N)[nH]c(=O)c12. The Kier molecular flexibility index (Phi) is 5.70. The van der Waals surface area contributed by atoms with Crippen molar-refractivity contribution in [2.45, 2.75) is 33.7 Å². The number of carbonyl (C=O) groups excluding carboxylic acids is 1. The van der Waals surface area contributed by atoms with Gasteiger partial charge in [0.15, 0.2) is 5.65 Å². The molecule has 8 heteroatoms. The van der Waals surface area contributed by atoms with Crippen LogP contribution in [0.15, 0.2) is 11.0 Å². The predicted octanol–water partition coefficient (Wildman–Crippen LogP) is 1.19. The second-order valence-electron chi connectivity index (χ2n) is 6.45. The summed E-state index contributed by atoms with van der Waals surface area (Å²) in [5, 5.41) is 5.80. The lowest BCUT2D eigenvalue weighted by Gasteiger charge is -2.07. The van der Waals surface area contributed by atoms with E-state index in [1.54, 1.807) is 6.20 Å². The van der Waals surface area contributed by atoms with E-state index in [0.717, 1.165) is 0 Å². The molecule has 2 heterocycles. The topological polar surface area (TPSA) is 118 Å². The van der Waals surface area contributed by atoms with E-state index < -0.39 is 0 Å². The summed E-state index contributed by atoms with van der Waals surface area (Å²) in [5.41, 5.74) is 6.37. The fraction of sp³-hybridized carbons (Fsp3) is 0.471. The number of urea groups is 1. The molecule has 2 amide bonds. The van der Waals surface area contributed by atoms with Gasteiger partial charge in [0.1, 0.15) is 0 Å². The molecule has 0 atom stereocenters. The van der Waals surface area contributed by atoms with Crippen LogP contribution in [-0.2, 0) is 0 Å². The van der Waals surface area contributed by atoms with Crippen LogP contribution in [0, 0.1) is 17.8 Å². The molecule has 0 saturated carbocycles. The van der Waals surface area contributed by atoms with Crippen LogP contribution in [0.25, 0.3) is 11.0 Å². The van der Waals surface area contributed by atoms with Gasteiger partial charge in [-0.2, -0.15) is 4.98 Å². The molecule has 0 radical (unpaired) electrons. The predicted molar refractivity (Wildman–Crippen MR) is 98.3 cm³/mol. The van der Waals surface area contributed by atoms with Crippen molar-refractivity contribution in [3.8, 4) is 11.8 Å². The Morgan fingerprint density at radius 2 is 2.08 bits per heavy atom. The third-order valence-corrected chi connectivity index (χ3v) is 3.49. The van der Waals surface area contributed by atoms with Gasteiger partial charge in [-0.3, -0.25) is 9.78 Å². The van der Waals surface area contributed by atoms with Gasteiger partial charge < -0.3 is 20.9 Å². The monoisotopic (exact) mass is 344 g/mol. The maximum atomic E-state index is 12.2. The molecule has 0 bridgehead atoms. The molecule has 0 aliphatic rings. The number of nitrogen functional groups attached to an aromatic ring is 1. The normalized spacial score (nSPS) is 10.8. The summed E-state index contributed by atoms with van der Waals surface area (Å²) < 4.78 is 1.85. The van der Waals surface area contributed by atoms with Crippen molar-refractivity contribution in [1.82, 2.24) is 25.2 Å². The molecule has 0 aromatic carbocycles. The number of anilines is 1. The highest BCUT2D eigenvalue weighted by Crippen LogP contribution is 2.19. The van der Waals surface area contributed by atoms with E-state index >= 15 is 0 Å². The highest BCUT2D eigenvalue weighted by molar-refractivity contribution is 5.83. The number of nitrogens with one attached hydrogen (secondary N) is 3. The number of nitrogens with zero attached hydrogens (tertiary/aromatic N) is 2. The Morgan fingerprint density at radius 3 is 2.72 bits per heavy atom. The van der Waals surface area contributed by atoms with Crippen LogP contribution in [0.2, 0.25) is 0 Å². The highest BCUT2D eigenvalue weighted by Gasteiger charge is 2.14. The smallest absolute Gasteiger partial charge is 0.315 e. The van der Waals surface area contributed by atoms with Crippen molar-refractivity contribution in [2.75, 3.05) is 18.8 Å². The lowest BCUT2D eigenvalue weighted by molar-refractivity contribution is 0.241. The van der Waals surface area contributed by atoms with E-state index in [1.807, 2.05) is 32.3 Å². The van der Waals surface area contributed by atoms with Crippen LogP contribution in [0.5, 0.6) is 0 Å². The molecule has 0 saturated heterocycles. The Hall–Kier alpha value is -2.95. The van der Waals surface area contributed by atoms with Crippen molar-refractivity contribution in [3.63, 3.8) is 0 Å². The molecule has 134 valence electrons. The molecule has 0 aliphatic carbocycles. The Balaban J connectivity index is 2.20. The standard InChI is InChI=1S/C17H24N6O2/c1-10(2)8-20-17(25)19-7-5-6-12-9-23(11(3)4)14-13(12)15(24)22-16(18)21-14/h9-11H,7-8H2,1-4H3,(H2,19,20,25)(H3,18,21,22,24). The Labute approximate surface area is 146 Å². The van der Waals surface area contributed by atoms with E-state index in [-0.39, 0.29) is 30.1 Å². The van der Waals surface area contributed by atoms with Crippen LogP contribution >= 0.6 is 0 Å². The van der Waals surface area contributed by atoms with Crippen LogP contribution in [-0.4, -0.2) is 33.7 Å². The van der Waals surface area contributed by atoms with Gasteiger partial charge in [0.05, 0.1) is 17.5 Å². The van der Waals surface area contributed by atoms with Crippen LogP contribution in [0.1, 0.15) is 39.3 Å². The van der Waals surface area contributed by atoms with Gasteiger partial charge in [0.2, 0.25) is 5.95 Å². The fourth-order valence-electron chi connectivity index (χ4n) is 2.28. The molecule has 8 nitrogen and oxygen atoms in total. The minimum absolute atomic E-state index is 0.0699. The number of rotatable bonds is 4. The minimum atomic E-state index is -0.325. The van der Waals surface area contributed by atoms with Crippen molar-refractivity contribution in [3.05, 3.63) is 22.1 Å². The number of hydrogen-bond donors (Lipinski definition) is 4. The van der Waals surface area contributed by atoms with E-state index in [1.165, 1.54) is 0 Å². The number of fused-ring (bicyclic) bond motifs is 1. The molecular weight excluding hydrogens is 320 g/mol. The quantitative estimate of drug-likeness (QED) is 0.623. The van der Waals surface area contributed by atoms with Gasteiger partial charge in [-0.1, -0.05) is 25.7 Å². The maximum Gasteiger partial charge on any atom is 0.315 e. The summed E-state index contributed by atoms with van der Waals surface area (Å²) in [6, 6.07) is -0.161. The lowest BCUT2D eigenvalue weighted by atomic mass is 10.2. The van der Waals surface area contributed by atoms with Gasteiger partial charge in [-0.25, -0.2) is 4.79 Å². The Bertz CT molecular complexity index is 882. The minimum Gasteiger partial charge on any atom is -0.369 e. The van der Waals surface area contributed by atoms with Crippen molar-refractivity contribution in [1.29, 1.82) is 0 Å². The first-order valence-electron chi connectivity index (χ1n) is 8.20. The summed E-state index contributed by atoms with van der Waals surface area (Å²) in [7, 11) is 0. The fourth-order valence-corrected chi connectivity index (χ4v) is 2.28. The van der Waals surface area contributed by atoms with Crippen molar-refractivity contribution >= 4 is 23.0 Å². The number of hydrogen-bond acceptors (Lipinski definition) is 4. The zero-order valence-electron chi connectivity index (χ0n) is 14.9. The van der Waals surface area contributed by atoms with E-state index in [0.29, 0.717) is 29.1 Å². The summed E-state index contributed by atoms with van der Waals surface area (Å²) >= 11 is 0. The third-order valence-electron chi connectivity index (χ3n) is 3.49. The van der Waals surface area contributed by atoms with Gasteiger partial charge in [-0.05, 0) is 19.8 Å². The van der Waals surface area contributed by atoms with Crippen molar-refractivity contribution < 1.29 is 4.79 Å². The number of nitrogens with two attached hydrogens (primary N) is 1. The molecule has 0 fully saturated rings. The largest absolute Gasteiger partial charge is 0.369 e. The number of H-pyrrole nitrogens is 1. The Morgan fingerprint density at radius 1 is 1.36 bits per heavy atom. The summed E-state index contributed by atoms with van der Waals surface area (Å²) in [6.07, 6.45) is 1.78. The molecule has 25 heavy (non-hydrogen) atoms. The first-order chi connectivity index (χ1) is 11.8. The second-order valence-corrected chi connectivity index (χ2v) is 6.45. The van der Waals surface area contributed by atoms with E-state index in [9.17, 15) is 9.59 Å². The van der Waals surface area contributed by atoms with Gasteiger partial charge in [0.25, 0.3) is 5.56 Å². The maximum absolute atomic E-state index is 12.2. The first-order valence-corrected chi connectivity index (χ1v) is 8.20. The van der Waals surface area contributed by atoms with E-state index in [4.69, 9.17) is 5.73 Å². The molecule has 0 spiro atoms. The molecule has 2 aromatic rings. The number of amides is 2. The summed E-state index contributed by atoms with van der Waals surface area (Å²) in [5.74, 6) is 6.24. The first kappa shape index (κ1) is 18.4. The lowest BCUT2D eigenvalue weighted by Crippen LogP contribution is -2.37. The molecule has 5 N–H and O–H groups in total. The number of aromatic nitrogens is 3. The average Bonchev–Trinajstić information content (AvgIpc) is 2.88. The van der Waals surface area contributed by atoms with Gasteiger partial charge in [-0.15, -0.1) is 0 Å². The van der Waals surface area contributed by atoms with Gasteiger partial charge >= 0.3 is 6.03 Å². The number of aromatic amines is 1. The molecule has 0 unspecified atom stereocenters. The van der Waals surface area contributed by atoms with E-state index in [2.05, 4.69) is 32.4 Å². The molecule has 2 rings (SSSR count). The van der Waals surface area contributed by atoms with Crippen LogP contribution in [0.3, 0.4) is 0 Å². The highest BCUT2D eigenvalue weighted by atomic mass is 16.2. The van der Waals surface area contributed by atoms with Crippen LogP contribution in [0.4, 0.5) is 10.7 Å². The zero-order valence-corrected chi connectivity index (χ0v) is 14.9. The summed E-state index contributed by atoms with van der Waals surface area (Å²) in [6.45, 7) is 8.78. The second kappa shape index (κ2) is 7.75. The zero-order chi connectivity index (χ0) is 18.6. The van der Waals surface area contributed by atoms with Crippen molar-refractivity contribution in [2.24, 2.45) is 5.92 Å². The molecule has 2 aromatic heterocycles. The molecular formula is C17H24N6O2. The third kappa shape index (κ3) is 4.53. The van der Waals surface area contributed by atoms with Crippen LogP contribution < -0.4 is 21.9 Å². The number of carbonyl (C=O) groups is 1.